The Morgan fingerprint density at radius 1 is 1.19 bits per heavy atom. The molecule has 192 valence electrons. The highest BCUT2D eigenvalue weighted by Crippen LogP contribution is 2.30. The Morgan fingerprint density at radius 2 is 1.94 bits per heavy atom. The Kier molecular flexibility index (Phi) is 7.48. The Bertz CT molecular complexity index is 1160. The average molecular weight is 495 g/mol. The van der Waals surface area contributed by atoms with Crippen molar-refractivity contribution in [3.8, 4) is 6.07 Å². The lowest BCUT2D eigenvalue weighted by atomic mass is 9.81. The summed E-state index contributed by atoms with van der Waals surface area (Å²) < 4.78 is 7.26. The van der Waals surface area contributed by atoms with Gasteiger partial charge in [0, 0.05) is 24.3 Å². The second-order valence-corrected chi connectivity index (χ2v) is 10.6. The second-order valence-electron chi connectivity index (χ2n) is 10.6. The first kappa shape index (κ1) is 25.5. The SMILES string of the molecule is CC(C)(C)OC(=O)N[C@H](C(=O)N1CCCC1C#N)C1CCC(NC(=O)c2cc3cccn3cn2)CC1. The molecule has 2 aromatic rings. The van der Waals surface area contributed by atoms with Crippen molar-refractivity contribution in [3.05, 3.63) is 36.4 Å². The van der Waals surface area contributed by atoms with Gasteiger partial charge in [0.15, 0.2) is 0 Å². The average Bonchev–Trinajstić information content (AvgIpc) is 3.50. The van der Waals surface area contributed by atoms with Crippen molar-refractivity contribution in [2.45, 2.75) is 83.0 Å². The quantitative estimate of drug-likeness (QED) is 0.657. The zero-order chi connectivity index (χ0) is 25.9. The number of aromatic nitrogens is 2. The number of fused-ring (bicyclic) bond motifs is 1. The highest BCUT2D eigenvalue weighted by molar-refractivity contribution is 5.93. The Balaban J connectivity index is 1.40. The standard InChI is InChI=1S/C26H34N6O4/c1-26(2,3)36-25(35)30-22(24(34)32-13-5-7-20(32)15-27)17-8-10-18(11-9-17)29-23(33)21-14-19-6-4-12-31(19)16-28-21/h4,6,12,14,16-18,20,22H,5,7-11,13H2,1-3H3,(H,29,33)(H,30,35)/t17?,18?,20?,22-/m0/s1. The van der Waals surface area contributed by atoms with Gasteiger partial charge < -0.3 is 24.7 Å². The number of alkyl carbamates (subject to hydrolysis) is 1. The first-order valence-corrected chi connectivity index (χ1v) is 12.6. The maximum atomic E-state index is 13.5. The minimum atomic E-state index is -0.774. The molecule has 3 heterocycles. The van der Waals surface area contributed by atoms with Crippen molar-refractivity contribution in [3.63, 3.8) is 0 Å². The normalized spacial score (nSPS) is 23.1. The zero-order valence-electron chi connectivity index (χ0n) is 21.1. The zero-order valence-corrected chi connectivity index (χ0v) is 21.1. The van der Waals surface area contributed by atoms with Crippen molar-refractivity contribution in [2.75, 3.05) is 6.54 Å². The number of rotatable bonds is 5. The maximum absolute atomic E-state index is 13.5. The van der Waals surface area contributed by atoms with E-state index in [4.69, 9.17) is 4.74 Å². The van der Waals surface area contributed by atoms with Gasteiger partial charge in [-0.05, 0) is 83.4 Å². The van der Waals surface area contributed by atoms with Crippen LogP contribution in [0.15, 0.2) is 30.7 Å². The molecule has 2 aliphatic rings. The smallest absolute Gasteiger partial charge is 0.408 e. The summed E-state index contributed by atoms with van der Waals surface area (Å²) in [7, 11) is 0. The number of ether oxygens (including phenoxy) is 1. The third-order valence-electron chi connectivity index (χ3n) is 6.85. The molecular weight excluding hydrogens is 460 g/mol. The van der Waals surface area contributed by atoms with E-state index in [1.54, 1.807) is 38.1 Å². The van der Waals surface area contributed by atoms with Crippen LogP contribution in [-0.4, -0.2) is 62.5 Å². The minimum absolute atomic E-state index is 0.0468. The lowest BCUT2D eigenvalue weighted by Crippen LogP contribution is -2.55. The molecule has 2 fully saturated rings. The number of nitrogens with zero attached hydrogens (tertiary/aromatic N) is 4. The lowest BCUT2D eigenvalue weighted by Gasteiger charge is -2.36. The number of nitrogens with one attached hydrogen (secondary N) is 2. The van der Waals surface area contributed by atoms with Crippen LogP contribution in [0.2, 0.25) is 0 Å². The number of carbonyl (C=O) groups is 3. The summed E-state index contributed by atoms with van der Waals surface area (Å²) in [5, 5.41) is 15.3. The van der Waals surface area contributed by atoms with Gasteiger partial charge in [-0.2, -0.15) is 5.26 Å². The molecule has 4 rings (SSSR count). The molecule has 1 aliphatic heterocycles. The van der Waals surface area contributed by atoms with Gasteiger partial charge in [0.1, 0.15) is 23.4 Å². The molecular formula is C26H34N6O4. The van der Waals surface area contributed by atoms with Gasteiger partial charge in [-0.15, -0.1) is 0 Å². The molecule has 1 aliphatic carbocycles. The summed E-state index contributed by atoms with van der Waals surface area (Å²) in [5.41, 5.74) is 0.561. The van der Waals surface area contributed by atoms with Gasteiger partial charge in [-0.25, -0.2) is 9.78 Å². The van der Waals surface area contributed by atoms with Crippen molar-refractivity contribution in [1.29, 1.82) is 5.26 Å². The predicted octanol–water partition coefficient (Wildman–Crippen LogP) is 3.03. The molecule has 2 aromatic heterocycles. The van der Waals surface area contributed by atoms with E-state index >= 15 is 0 Å². The molecule has 10 nitrogen and oxygen atoms in total. The van der Waals surface area contributed by atoms with E-state index in [0.717, 1.165) is 11.9 Å². The van der Waals surface area contributed by atoms with E-state index in [-0.39, 0.29) is 23.8 Å². The fourth-order valence-electron chi connectivity index (χ4n) is 5.08. The molecule has 10 heteroatoms. The molecule has 3 amide bonds. The number of amides is 3. The second kappa shape index (κ2) is 10.6. The monoisotopic (exact) mass is 494 g/mol. The number of carbonyl (C=O) groups excluding carboxylic acids is 3. The van der Waals surface area contributed by atoms with Crippen LogP contribution in [0.1, 0.15) is 69.8 Å². The third-order valence-corrected chi connectivity index (χ3v) is 6.85. The van der Waals surface area contributed by atoms with E-state index in [1.165, 1.54) is 0 Å². The highest BCUT2D eigenvalue weighted by Gasteiger charge is 2.40. The van der Waals surface area contributed by atoms with E-state index < -0.39 is 23.8 Å². The molecule has 36 heavy (non-hydrogen) atoms. The molecule has 2 N–H and O–H groups in total. The molecule has 2 atom stereocenters. The third kappa shape index (κ3) is 5.96. The van der Waals surface area contributed by atoms with Crippen LogP contribution in [-0.2, 0) is 9.53 Å². The van der Waals surface area contributed by atoms with Crippen LogP contribution in [0.5, 0.6) is 0 Å². The van der Waals surface area contributed by atoms with Gasteiger partial charge in [-0.3, -0.25) is 9.59 Å². The largest absolute Gasteiger partial charge is 0.444 e. The van der Waals surface area contributed by atoms with Gasteiger partial charge >= 0.3 is 6.09 Å². The number of hydrogen-bond acceptors (Lipinski definition) is 6. The maximum Gasteiger partial charge on any atom is 0.408 e. The number of hydrogen-bond donors (Lipinski definition) is 2. The topological polar surface area (TPSA) is 129 Å². The first-order valence-electron chi connectivity index (χ1n) is 12.6. The first-order chi connectivity index (χ1) is 17.1. The fourth-order valence-corrected chi connectivity index (χ4v) is 5.08. The van der Waals surface area contributed by atoms with Crippen LogP contribution in [0, 0.1) is 17.2 Å². The van der Waals surface area contributed by atoms with Crippen molar-refractivity contribution in [1.82, 2.24) is 24.9 Å². The van der Waals surface area contributed by atoms with Crippen LogP contribution < -0.4 is 10.6 Å². The van der Waals surface area contributed by atoms with Crippen LogP contribution >= 0.6 is 0 Å². The molecule has 0 aromatic carbocycles. The van der Waals surface area contributed by atoms with Crippen molar-refractivity contribution < 1.29 is 19.1 Å². The van der Waals surface area contributed by atoms with Crippen molar-refractivity contribution in [2.24, 2.45) is 5.92 Å². The molecule has 1 saturated heterocycles. The summed E-state index contributed by atoms with van der Waals surface area (Å²) in [4.78, 5) is 44.7. The lowest BCUT2D eigenvalue weighted by molar-refractivity contribution is -0.135. The highest BCUT2D eigenvalue weighted by atomic mass is 16.6. The van der Waals surface area contributed by atoms with Crippen LogP contribution in [0.3, 0.4) is 0 Å². The molecule has 0 bridgehead atoms. The summed E-state index contributed by atoms with van der Waals surface area (Å²) in [6.45, 7) is 5.82. The van der Waals surface area contributed by atoms with Crippen LogP contribution in [0.4, 0.5) is 4.79 Å². The van der Waals surface area contributed by atoms with E-state index in [0.29, 0.717) is 44.3 Å². The number of nitriles is 1. The Morgan fingerprint density at radius 3 is 2.64 bits per heavy atom. The summed E-state index contributed by atoms with van der Waals surface area (Å²) in [6.07, 6.45) is 6.89. The molecule has 0 spiro atoms. The Labute approximate surface area is 211 Å². The van der Waals surface area contributed by atoms with Gasteiger partial charge in [0.05, 0.1) is 12.4 Å². The van der Waals surface area contributed by atoms with E-state index in [9.17, 15) is 19.6 Å². The van der Waals surface area contributed by atoms with Gasteiger partial charge in [0.25, 0.3) is 5.91 Å². The Hall–Kier alpha value is -3.61. The van der Waals surface area contributed by atoms with E-state index in [1.807, 2.05) is 22.7 Å². The summed E-state index contributed by atoms with van der Waals surface area (Å²) in [5.74, 6) is -0.578. The van der Waals surface area contributed by atoms with Crippen molar-refractivity contribution >= 4 is 23.4 Å². The van der Waals surface area contributed by atoms with Gasteiger partial charge in [0.2, 0.25) is 5.91 Å². The van der Waals surface area contributed by atoms with E-state index in [2.05, 4.69) is 21.7 Å². The fraction of sp³-hybridized carbons (Fsp3) is 0.577. The number of likely N-dealkylation sites (tertiary alicyclic amines) is 1. The summed E-state index contributed by atoms with van der Waals surface area (Å²) in [6, 6.07) is 6.47. The summed E-state index contributed by atoms with van der Waals surface area (Å²) >= 11 is 0. The minimum Gasteiger partial charge on any atom is -0.444 e. The molecule has 1 unspecified atom stereocenters. The molecule has 1 saturated carbocycles. The van der Waals surface area contributed by atoms with Crippen LogP contribution in [0.25, 0.3) is 5.52 Å². The predicted molar refractivity (Wildman–Crippen MR) is 132 cm³/mol. The van der Waals surface area contributed by atoms with Gasteiger partial charge in [-0.1, -0.05) is 0 Å². The molecule has 0 radical (unpaired) electrons.